The Morgan fingerprint density at radius 2 is 2.00 bits per heavy atom. The van der Waals surface area contributed by atoms with Crippen LogP contribution in [-0.4, -0.2) is 23.0 Å². The van der Waals surface area contributed by atoms with Gasteiger partial charge in [0.25, 0.3) is 0 Å². The Morgan fingerprint density at radius 1 is 1.35 bits per heavy atom. The molecule has 1 aliphatic heterocycles. The van der Waals surface area contributed by atoms with E-state index in [1.807, 2.05) is 0 Å². The van der Waals surface area contributed by atoms with Crippen molar-refractivity contribution in [2.75, 3.05) is 13.1 Å². The first-order chi connectivity index (χ1) is 7.99. The molecule has 0 atom stereocenters. The topological polar surface area (TPSA) is 29.3 Å². The smallest absolute Gasteiger partial charge is 0.0797 e. The summed E-state index contributed by atoms with van der Waals surface area (Å²) in [7, 11) is 0. The Bertz CT molecular complexity index is 426. The number of hydrogen-bond acceptors (Lipinski definition) is 2. The number of nitrogens with two attached hydrogens (primary N) is 1. The molecule has 0 saturated carbocycles. The number of benzene rings is 1. The first-order valence-electron chi connectivity index (χ1n) is 6.08. The van der Waals surface area contributed by atoms with Crippen molar-refractivity contribution >= 4 is 17.2 Å². The van der Waals surface area contributed by atoms with Gasteiger partial charge in [-0.25, -0.2) is 0 Å². The van der Waals surface area contributed by atoms with Gasteiger partial charge >= 0.3 is 0 Å². The maximum atomic E-state index is 5.79. The maximum Gasteiger partial charge on any atom is 0.0797 e. The summed E-state index contributed by atoms with van der Waals surface area (Å²) in [5.74, 6) is 0. The van der Waals surface area contributed by atoms with Gasteiger partial charge in [-0.2, -0.15) is 0 Å². The average Bonchev–Trinajstić information content (AvgIpc) is 2.28. The minimum absolute atomic E-state index is 0.0817. The lowest BCUT2D eigenvalue weighted by Crippen LogP contribution is -2.43. The van der Waals surface area contributed by atoms with Crippen molar-refractivity contribution in [3.8, 4) is 0 Å². The third-order valence-corrected chi connectivity index (χ3v) is 4.05. The summed E-state index contributed by atoms with van der Waals surface area (Å²) in [6, 6.07) is 8.68. The average molecular weight is 248 g/mol. The third kappa shape index (κ3) is 2.85. The van der Waals surface area contributed by atoms with Crippen molar-refractivity contribution in [1.82, 2.24) is 4.90 Å². The third-order valence-electron chi connectivity index (χ3n) is 3.50. The van der Waals surface area contributed by atoms with Crippen LogP contribution in [0.3, 0.4) is 0 Å². The normalized spacial score (nSPS) is 16.6. The fourth-order valence-corrected chi connectivity index (χ4v) is 2.39. The Balaban J connectivity index is 2.06. The summed E-state index contributed by atoms with van der Waals surface area (Å²) in [5.41, 5.74) is 8.63. The molecule has 0 aromatic heterocycles. The lowest BCUT2D eigenvalue weighted by atomic mass is 9.91. The van der Waals surface area contributed by atoms with Crippen molar-refractivity contribution in [2.24, 2.45) is 11.1 Å². The van der Waals surface area contributed by atoms with E-state index in [1.165, 1.54) is 11.1 Å². The molecule has 1 aromatic carbocycles. The van der Waals surface area contributed by atoms with Crippen LogP contribution in [0.1, 0.15) is 25.0 Å². The molecule has 0 fully saturated rings. The van der Waals surface area contributed by atoms with E-state index in [0.717, 1.165) is 26.1 Å². The first kappa shape index (κ1) is 12.5. The summed E-state index contributed by atoms with van der Waals surface area (Å²) in [4.78, 5) is 3.05. The summed E-state index contributed by atoms with van der Waals surface area (Å²) in [5, 5.41) is 0. The lowest BCUT2D eigenvalue weighted by Gasteiger charge is -2.35. The molecule has 0 unspecified atom stereocenters. The summed E-state index contributed by atoms with van der Waals surface area (Å²) >= 11 is 5.13. The molecule has 0 aliphatic carbocycles. The van der Waals surface area contributed by atoms with Crippen molar-refractivity contribution in [3.05, 3.63) is 35.4 Å². The molecule has 1 aliphatic rings. The van der Waals surface area contributed by atoms with Gasteiger partial charge in [-0.3, -0.25) is 4.90 Å². The van der Waals surface area contributed by atoms with E-state index in [1.54, 1.807) is 0 Å². The van der Waals surface area contributed by atoms with Crippen molar-refractivity contribution in [3.63, 3.8) is 0 Å². The second-order valence-electron chi connectivity index (χ2n) is 5.48. The van der Waals surface area contributed by atoms with E-state index in [0.29, 0.717) is 4.99 Å². The van der Waals surface area contributed by atoms with Gasteiger partial charge in [0.2, 0.25) is 0 Å². The van der Waals surface area contributed by atoms with E-state index < -0.39 is 0 Å². The number of fused-ring (bicyclic) bond motifs is 1. The molecule has 2 N–H and O–H groups in total. The molecule has 0 bridgehead atoms. The second-order valence-corrected chi connectivity index (χ2v) is 5.92. The van der Waals surface area contributed by atoms with E-state index in [-0.39, 0.29) is 5.41 Å². The fourth-order valence-electron chi connectivity index (χ4n) is 2.33. The molecule has 0 saturated heterocycles. The zero-order chi connectivity index (χ0) is 12.5. The number of nitrogens with zero attached hydrogens (tertiary/aromatic N) is 1. The van der Waals surface area contributed by atoms with E-state index >= 15 is 0 Å². The zero-order valence-corrected chi connectivity index (χ0v) is 11.4. The van der Waals surface area contributed by atoms with Crippen LogP contribution in [0.4, 0.5) is 0 Å². The predicted octanol–water partition coefficient (Wildman–Crippen LogP) is 2.36. The van der Waals surface area contributed by atoms with Crippen LogP contribution in [0.5, 0.6) is 0 Å². The maximum absolute atomic E-state index is 5.79. The summed E-state index contributed by atoms with van der Waals surface area (Å²) in [6.07, 6.45) is 1.13. The highest BCUT2D eigenvalue weighted by Crippen LogP contribution is 2.23. The van der Waals surface area contributed by atoms with Gasteiger partial charge in [-0.05, 0) is 17.5 Å². The molecule has 92 valence electrons. The van der Waals surface area contributed by atoms with Gasteiger partial charge in [-0.15, -0.1) is 0 Å². The molecule has 2 rings (SSSR count). The molecular weight excluding hydrogens is 228 g/mol. The van der Waals surface area contributed by atoms with Gasteiger partial charge < -0.3 is 5.73 Å². The number of thiocarbonyl (C=S) groups is 1. The van der Waals surface area contributed by atoms with E-state index in [9.17, 15) is 0 Å². The predicted molar refractivity (Wildman–Crippen MR) is 76.0 cm³/mol. The van der Waals surface area contributed by atoms with Gasteiger partial charge in [0.05, 0.1) is 4.99 Å². The van der Waals surface area contributed by atoms with Gasteiger partial charge in [-0.1, -0.05) is 50.3 Å². The molecule has 0 amide bonds. The van der Waals surface area contributed by atoms with Gasteiger partial charge in [0, 0.05) is 25.0 Å². The summed E-state index contributed by atoms with van der Waals surface area (Å²) < 4.78 is 0. The Hall–Kier alpha value is -0.930. The fraction of sp³-hybridized carbons (Fsp3) is 0.500. The molecule has 3 heteroatoms. The van der Waals surface area contributed by atoms with Crippen LogP contribution in [0.2, 0.25) is 0 Å². The van der Waals surface area contributed by atoms with Crippen molar-refractivity contribution in [2.45, 2.75) is 26.8 Å². The molecule has 1 heterocycles. The van der Waals surface area contributed by atoms with Gasteiger partial charge in [0.1, 0.15) is 0 Å². The monoisotopic (exact) mass is 248 g/mol. The molecule has 0 spiro atoms. The molecule has 2 nitrogen and oxygen atoms in total. The van der Waals surface area contributed by atoms with Crippen LogP contribution >= 0.6 is 12.2 Å². The standard InChI is InChI=1S/C14H20N2S/c1-14(2,13(15)17)10-16-8-7-11-5-3-4-6-12(11)9-16/h3-6H,7-10H2,1-2H3,(H2,15,17). The summed E-state index contributed by atoms with van der Waals surface area (Å²) in [6.45, 7) is 7.30. The minimum atomic E-state index is -0.0817. The van der Waals surface area contributed by atoms with E-state index in [4.69, 9.17) is 18.0 Å². The molecule has 17 heavy (non-hydrogen) atoms. The highest BCUT2D eigenvalue weighted by molar-refractivity contribution is 7.80. The number of rotatable bonds is 3. The SMILES string of the molecule is CC(C)(CN1CCc2ccccc2C1)C(N)=S. The lowest BCUT2D eigenvalue weighted by molar-refractivity contribution is 0.204. The Labute approximate surface area is 109 Å². The van der Waals surface area contributed by atoms with Crippen LogP contribution in [0.15, 0.2) is 24.3 Å². The Morgan fingerprint density at radius 3 is 2.65 bits per heavy atom. The number of hydrogen-bond donors (Lipinski definition) is 1. The first-order valence-corrected chi connectivity index (χ1v) is 6.49. The van der Waals surface area contributed by atoms with Crippen molar-refractivity contribution < 1.29 is 0 Å². The quantitative estimate of drug-likeness (QED) is 0.833. The van der Waals surface area contributed by atoms with Crippen LogP contribution < -0.4 is 5.73 Å². The van der Waals surface area contributed by atoms with Crippen LogP contribution in [0.25, 0.3) is 0 Å². The molecule has 0 radical (unpaired) electrons. The van der Waals surface area contributed by atoms with Gasteiger partial charge in [0.15, 0.2) is 0 Å². The highest BCUT2D eigenvalue weighted by Gasteiger charge is 2.26. The largest absolute Gasteiger partial charge is 0.393 e. The van der Waals surface area contributed by atoms with Crippen molar-refractivity contribution in [1.29, 1.82) is 0 Å². The minimum Gasteiger partial charge on any atom is -0.393 e. The van der Waals surface area contributed by atoms with Crippen LogP contribution in [-0.2, 0) is 13.0 Å². The second kappa shape index (κ2) is 4.75. The molecular formula is C14H20N2S. The molecule has 1 aromatic rings. The van der Waals surface area contributed by atoms with Crippen LogP contribution in [0, 0.1) is 5.41 Å². The highest BCUT2D eigenvalue weighted by atomic mass is 32.1. The van der Waals surface area contributed by atoms with E-state index in [2.05, 4.69) is 43.0 Å². The zero-order valence-electron chi connectivity index (χ0n) is 10.6. The Kier molecular flexibility index (Phi) is 3.50.